The number of hydrogen-bond donors (Lipinski definition) is 2. The summed E-state index contributed by atoms with van der Waals surface area (Å²) in [4.78, 5) is 25.8. The lowest BCUT2D eigenvalue weighted by molar-refractivity contribution is -0.113. The molecule has 1 saturated carbocycles. The van der Waals surface area contributed by atoms with Crippen LogP contribution in [0.15, 0.2) is 83.1 Å². The van der Waals surface area contributed by atoms with E-state index >= 15 is 0 Å². The number of anilines is 1. The Morgan fingerprint density at radius 1 is 1.03 bits per heavy atom. The van der Waals surface area contributed by atoms with E-state index in [9.17, 15) is 9.59 Å². The van der Waals surface area contributed by atoms with Crippen LogP contribution in [-0.4, -0.2) is 32.0 Å². The van der Waals surface area contributed by atoms with E-state index in [0.29, 0.717) is 28.9 Å². The minimum atomic E-state index is -0.491. The monoisotopic (exact) mass is 440 g/mol. The summed E-state index contributed by atoms with van der Waals surface area (Å²) in [5, 5.41) is 17.5. The maximum Gasteiger partial charge on any atom is 0.272 e. The summed E-state index contributed by atoms with van der Waals surface area (Å²) in [6, 6.07) is 19.6. The first-order valence-electron chi connectivity index (χ1n) is 10.5. The van der Waals surface area contributed by atoms with Crippen molar-refractivity contribution in [3.63, 3.8) is 0 Å². The van der Waals surface area contributed by atoms with Crippen LogP contribution in [0, 0.1) is 0 Å². The number of hydrogen-bond acceptors (Lipinski definition) is 6. The van der Waals surface area contributed by atoms with Crippen LogP contribution in [0.1, 0.15) is 35.0 Å². The number of furan rings is 1. The molecular formula is C24H20N6O3. The minimum absolute atomic E-state index is 0.0482. The molecule has 2 aromatic carbocycles. The summed E-state index contributed by atoms with van der Waals surface area (Å²) in [5.41, 5.74) is 1.81. The minimum Gasteiger partial charge on any atom is -0.465 e. The quantitative estimate of drug-likeness (QED) is 0.424. The molecule has 2 aromatic heterocycles. The van der Waals surface area contributed by atoms with Crippen LogP contribution in [0.25, 0.3) is 17.5 Å². The molecule has 1 aliphatic rings. The van der Waals surface area contributed by atoms with Crippen molar-refractivity contribution in [1.82, 2.24) is 25.5 Å². The summed E-state index contributed by atoms with van der Waals surface area (Å²) in [5.74, 6) is 0.193. The number of nitrogens with zero attached hydrogens (tertiary/aromatic N) is 4. The topological polar surface area (TPSA) is 115 Å². The van der Waals surface area contributed by atoms with Crippen LogP contribution in [0.4, 0.5) is 5.69 Å². The maximum atomic E-state index is 13.1. The highest BCUT2D eigenvalue weighted by Crippen LogP contribution is 2.36. The van der Waals surface area contributed by atoms with Crippen molar-refractivity contribution in [2.45, 2.75) is 18.9 Å². The molecule has 9 nitrogen and oxygen atoms in total. The van der Waals surface area contributed by atoms with Crippen LogP contribution < -0.4 is 10.6 Å². The van der Waals surface area contributed by atoms with Crippen molar-refractivity contribution in [3.05, 3.63) is 90.0 Å². The average Bonchev–Trinajstić information content (AvgIpc) is 3.33. The van der Waals surface area contributed by atoms with Gasteiger partial charge in [-0.3, -0.25) is 9.59 Å². The molecule has 33 heavy (non-hydrogen) atoms. The van der Waals surface area contributed by atoms with E-state index in [4.69, 9.17) is 4.42 Å². The van der Waals surface area contributed by atoms with E-state index in [-0.39, 0.29) is 5.70 Å². The number of amides is 2. The molecule has 0 atom stereocenters. The summed E-state index contributed by atoms with van der Waals surface area (Å²) in [6.07, 6.45) is 5.08. The number of nitrogens with one attached hydrogen (secondary N) is 2. The largest absolute Gasteiger partial charge is 0.465 e. The fraction of sp³-hybridized carbons (Fsp3) is 0.125. The number of aromatic nitrogens is 4. The predicted molar refractivity (Wildman–Crippen MR) is 121 cm³/mol. The van der Waals surface area contributed by atoms with Crippen LogP contribution in [0.2, 0.25) is 0 Å². The van der Waals surface area contributed by atoms with Gasteiger partial charge in [0.25, 0.3) is 11.8 Å². The zero-order valence-corrected chi connectivity index (χ0v) is 17.5. The Labute approximate surface area is 189 Å². The van der Waals surface area contributed by atoms with Gasteiger partial charge < -0.3 is 15.1 Å². The van der Waals surface area contributed by atoms with Crippen LogP contribution in [-0.2, 0) is 4.79 Å². The van der Waals surface area contributed by atoms with Crippen LogP contribution in [0.5, 0.6) is 0 Å². The third kappa shape index (κ3) is 4.72. The molecule has 0 unspecified atom stereocenters. The van der Waals surface area contributed by atoms with Gasteiger partial charge in [-0.05, 0) is 59.7 Å². The fourth-order valence-corrected chi connectivity index (χ4v) is 3.34. The molecule has 2 amide bonds. The van der Waals surface area contributed by atoms with Crippen molar-refractivity contribution in [2.24, 2.45) is 0 Å². The number of benzene rings is 2. The summed E-state index contributed by atoms with van der Waals surface area (Å²) >= 11 is 0. The molecule has 5 rings (SSSR count). The Morgan fingerprint density at radius 2 is 1.88 bits per heavy atom. The van der Waals surface area contributed by atoms with E-state index < -0.39 is 11.8 Å². The van der Waals surface area contributed by atoms with E-state index in [1.165, 1.54) is 12.3 Å². The molecule has 0 radical (unpaired) electrons. The van der Waals surface area contributed by atoms with E-state index in [1.54, 1.807) is 48.5 Å². The second-order valence-electron chi connectivity index (χ2n) is 7.61. The Bertz CT molecular complexity index is 1310. The first kappa shape index (κ1) is 20.4. The van der Waals surface area contributed by atoms with Gasteiger partial charge in [0.2, 0.25) is 0 Å². The lowest BCUT2D eigenvalue weighted by Crippen LogP contribution is -2.30. The Kier molecular flexibility index (Phi) is 5.50. The second kappa shape index (κ2) is 8.91. The van der Waals surface area contributed by atoms with Crippen molar-refractivity contribution in [2.75, 3.05) is 5.32 Å². The van der Waals surface area contributed by atoms with Crippen molar-refractivity contribution in [1.29, 1.82) is 0 Å². The molecule has 1 aliphatic carbocycles. The zero-order chi connectivity index (χ0) is 22.6. The standard InChI is InChI=1S/C24H20N6O3/c31-23(16-6-2-1-3-7-16)26-21(15-20-10-5-13-33-20)24(32)25-18-9-4-8-17(14-18)22-27-28-29-30(22)19-11-12-19/h1-10,13-15,19H,11-12H2,(H,25,32)(H,26,31). The van der Waals surface area contributed by atoms with Gasteiger partial charge in [-0.2, -0.15) is 0 Å². The molecule has 0 saturated heterocycles. The SMILES string of the molecule is O=C(Nc1cccc(-c2nnnn2C2CC2)c1)C(=Cc1ccco1)NC(=O)c1ccccc1. The Hall–Kier alpha value is -4.53. The van der Waals surface area contributed by atoms with Gasteiger partial charge in [-0.25, -0.2) is 4.68 Å². The van der Waals surface area contributed by atoms with Crippen molar-refractivity contribution in [3.8, 4) is 11.4 Å². The number of carbonyl (C=O) groups is 2. The summed E-state index contributed by atoms with van der Waals surface area (Å²) < 4.78 is 7.14. The Balaban J connectivity index is 1.38. The molecule has 164 valence electrons. The van der Waals surface area contributed by atoms with Gasteiger partial charge in [-0.15, -0.1) is 5.10 Å². The summed E-state index contributed by atoms with van der Waals surface area (Å²) in [6.45, 7) is 0. The van der Waals surface area contributed by atoms with Gasteiger partial charge in [0.1, 0.15) is 11.5 Å². The highest BCUT2D eigenvalue weighted by atomic mass is 16.3. The first-order valence-corrected chi connectivity index (χ1v) is 10.5. The van der Waals surface area contributed by atoms with Crippen molar-refractivity contribution >= 4 is 23.6 Å². The first-order chi connectivity index (χ1) is 16.2. The number of carbonyl (C=O) groups excluding carboxylic acids is 2. The predicted octanol–water partition coefficient (Wildman–Crippen LogP) is 3.68. The zero-order valence-electron chi connectivity index (χ0n) is 17.5. The third-order valence-electron chi connectivity index (χ3n) is 5.12. The lowest BCUT2D eigenvalue weighted by Gasteiger charge is -2.12. The molecule has 0 aliphatic heterocycles. The lowest BCUT2D eigenvalue weighted by atomic mass is 10.1. The van der Waals surface area contributed by atoms with Gasteiger partial charge in [0.05, 0.1) is 12.3 Å². The van der Waals surface area contributed by atoms with E-state index in [1.807, 2.05) is 22.9 Å². The molecule has 0 bridgehead atoms. The number of tetrazole rings is 1. The highest BCUT2D eigenvalue weighted by Gasteiger charge is 2.28. The molecule has 4 aromatic rings. The van der Waals surface area contributed by atoms with Gasteiger partial charge in [0.15, 0.2) is 5.82 Å². The van der Waals surface area contributed by atoms with E-state index in [0.717, 1.165) is 18.4 Å². The fourth-order valence-electron chi connectivity index (χ4n) is 3.34. The van der Waals surface area contributed by atoms with Crippen LogP contribution in [0.3, 0.4) is 0 Å². The highest BCUT2D eigenvalue weighted by molar-refractivity contribution is 6.10. The maximum absolute atomic E-state index is 13.1. The molecule has 1 fully saturated rings. The molecule has 0 spiro atoms. The molecule has 2 N–H and O–H groups in total. The molecule has 2 heterocycles. The molecular weight excluding hydrogens is 420 g/mol. The normalized spacial score (nSPS) is 13.5. The van der Waals surface area contributed by atoms with Gasteiger partial charge >= 0.3 is 0 Å². The van der Waals surface area contributed by atoms with Gasteiger partial charge in [0, 0.05) is 22.9 Å². The van der Waals surface area contributed by atoms with Crippen molar-refractivity contribution < 1.29 is 14.0 Å². The number of rotatable bonds is 7. The third-order valence-corrected chi connectivity index (χ3v) is 5.12. The van der Waals surface area contributed by atoms with Crippen LogP contribution >= 0.6 is 0 Å². The molecule has 9 heteroatoms. The second-order valence-corrected chi connectivity index (χ2v) is 7.61. The average molecular weight is 440 g/mol. The Morgan fingerprint density at radius 3 is 2.64 bits per heavy atom. The summed E-state index contributed by atoms with van der Waals surface area (Å²) in [7, 11) is 0. The van der Waals surface area contributed by atoms with Gasteiger partial charge in [-0.1, -0.05) is 30.3 Å². The smallest absolute Gasteiger partial charge is 0.272 e. The van der Waals surface area contributed by atoms with E-state index in [2.05, 4.69) is 26.2 Å².